The van der Waals surface area contributed by atoms with Crippen molar-refractivity contribution in [1.82, 2.24) is 39.0 Å². The minimum atomic E-state index is -4.55. The maximum atomic E-state index is 15.7. The van der Waals surface area contributed by atoms with Gasteiger partial charge >= 0.3 is 6.80 Å². The molecule has 19 nitrogen and oxygen atoms in total. The van der Waals surface area contributed by atoms with E-state index < -0.39 is 82.0 Å². The summed E-state index contributed by atoms with van der Waals surface area (Å²) in [5.41, 5.74) is 10.8. The second-order valence-corrected chi connectivity index (χ2v) is 14.5. The molecule has 0 bridgehead atoms. The maximum Gasteiger partial charge on any atom is 0.386 e. The number of aromatic nitrogens is 8. The number of H-pyrrole nitrogens is 1. The third-order valence-electron chi connectivity index (χ3n) is 6.99. The zero-order valence-corrected chi connectivity index (χ0v) is 26.0. The van der Waals surface area contributed by atoms with Crippen molar-refractivity contribution in [3.8, 4) is 0 Å². The van der Waals surface area contributed by atoms with E-state index in [2.05, 4.69) is 54.4 Å². The van der Waals surface area contributed by atoms with Crippen molar-refractivity contribution in [2.45, 2.75) is 49.2 Å². The smallest absolute Gasteiger partial charge is 0.386 e. The molecule has 0 saturated carbocycles. The zero-order valence-electron chi connectivity index (χ0n) is 22.4. The Morgan fingerprint density at radius 1 is 1.04 bits per heavy atom. The number of hydrogen-bond donors (Lipinski definition) is 6. The Hall–Kier alpha value is -2.72. The van der Waals surface area contributed by atoms with Gasteiger partial charge in [0.05, 0.1) is 25.9 Å². The Balaban J connectivity index is 1.22. The minimum absolute atomic E-state index is 0.0342. The van der Waals surface area contributed by atoms with Crippen molar-refractivity contribution >= 4 is 72.6 Å². The molecule has 2 aliphatic heterocycles. The van der Waals surface area contributed by atoms with Crippen molar-refractivity contribution in [1.29, 1.82) is 0 Å². The number of aromatic amines is 1. The van der Waals surface area contributed by atoms with Crippen LogP contribution in [0.2, 0.25) is 0 Å². The van der Waals surface area contributed by atoms with Gasteiger partial charge in [-0.3, -0.25) is 32.5 Å². The van der Waals surface area contributed by atoms with Crippen molar-refractivity contribution in [2.75, 3.05) is 24.7 Å². The summed E-state index contributed by atoms with van der Waals surface area (Å²) in [6, 6.07) is 0. The molecule has 6 heterocycles. The fourth-order valence-electron chi connectivity index (χ4n) is 5.02. The highest BCUT2D eigenvalue weighted by Crippen LogP contribution is 2.57. The van der Waals surface area contributed by atoms with Gasteiger partial charge in [-0.05, 0) is 0 Å². The molecular weight excluding hydrogens is 688 g/mol. The lowest BCUT2D eigenvalue weighted by atomic mass is 10.1. The predicted octanol–water partition coefficient (Wildman–Crippen LogP) is 0.732. The largest absolute Gasteiger partial charge is 0.394 e. The number of nitrogens with one attached hydrogen (secondary N) is 1. The third-order valence-corrected chi connectivity index (χ3v) is 9.40. The van der Waals surface area contributed by atoms with Crippen LogP contribution in [0.3, 0.4) is 0 Å². The molecule has 4 aromatic heterocycles. The number of thiol groups is 2. The molecule has 6 N–H and O–H groups in total. The molecule has 0 amide bonds. The maximum absolute atomic E-state index is 15.7. The Morgan fingerprint density at radius 3 is 2.44 bits per heavy atom. The van der Waals surface area contributed by atoms with Gasteiger partial charge in [-0.25, -0.2) is 33.3 Å². The Kier molecular flexibility index (Phi) is 8.93. The Labute approximate surface area is 260 Å². The molecule has 10 atom stereocenters. The summed E-state index contributed by atoms with van der Waals surface area (Å²) >= 11 is 7.68. The summed E-state index contributed by atoms with van der Waals surface area (Å²) < 4.78 is 86.0. The van der Waals surface area contributed by atoms with Crippen LogP contribution in [0.1, 0.15) is 12.5 Å². The second kappa shape index (κ2) is 12.5. The number of anilines is 2. The van der Waals surface area contributed by atoms with E-state index in [1.807, 2.05) is 0 Å². The number of halogens is 2. The topological polar surface area (TPSA) is 260 Å². The predicted molar refractivity (Wildman–Crippen MR) is 157 cm³/mol. The molecule has 0 radical (unpaired) electrons. The van der Waals surface area contributed by atoms with E-state index in [1.165, 1.54) is 10.9 Å². The van der Waals surface area contributed by atoms with Crippen LogP contribution in [-0.2, 0) is 32.2 Å². The Morgan fingerprint density at radius 2 is 1.73 bits per heavy atom. The van der Waals surface area contributed by atoms with Gasteiger partial charge in [0.2, 0.25) is 13.2 Å². The van der Waals surface area contributed by atoms with Gasteiger partial charge in [0.15, 0.2) is 47.4 Å². The molecule has 2 fully saturated rings. The van der Waals surface area contributed by atoms with Gasteiger partial charge in [-0.15, -0.1) is 0 Å². The van der Waals surface area contributed by atoms with Gasteiger partial charge in [0.25, 0.3) is 5.56 Å². The molecular formula is C20H24F2N10O9P2S2. The number of aliphatic hydroxyl groups is 1. The van der Waals surface area contributed by atoms with E-state index in [0.29, 0.717) is 0 Å². The minimum Gasteiger partial charge on any atom is -0.394 e. The van der Waals surface area contributed by atoms with Crippen LogP contribution >= 0.6 is 38.5 Å². The normalized spacial score (nSPS) is 30.7. The van der Waals surface area contributed by atoms with Crippen LogP contribution in [0.4, 0.5) is 20.5 Å². The van der Waals surface area contributed by atoms with E-state index in [0.717, 1.165) is 17.2 Å². The van der Waals surface area contributed by atoms with Crippen LogP contribution in [-0.4, -0.2) is 94.1 Å². The summed E-state index contributed by atoms with van der Waals surface area (Å²) in [5, 5.41) is 9.65. The van der Waals surface area contributed by atoms with Crippen molar-refractivity contribution in [3.05, 3.63) is 29.3 Å². The molecule has 6 rings (SSSR count). The number of rotatable bonds is 10. The lowest BCUT2D eigenvalue weighted by Gasteiger charge is -2.25. The number of fused-ring (bicyclic) bond motifs is 2. The van der Waals surface area contributed by atoms with Gasteiger partial charge in [0.1, 0.15) is 36.3 Å². The number of nitrogens with two attached hydrogens (primary N) is 2. The van der Waals surface area contributed by atoms with Gasteiger partial charge < -0.3 is 30.6 Å². The Bertz CT molecular complexity index is 1870. The molecule has 2 aliphatic rings. The van der Waals surface area contributed by atoms with Gasteiger partial charge in [-0.1, -0.05) is 24.5 Å². The average Bonchev–Trinajstić information content (AvgIpc) is 3.73. The van der Waals surface area contributed by atoms with Gasteiger partial charge in [-0.2, -0.15) is 4.98 Å². The lowest BCUT2D eigenvalue weighted by molar-refractivity contribution is -0.0518. The molecule has 45 heavy (non-hydrogen) atoms. The fourth-order valence-corrected chi connectivity index (χ4v) is 7.36. The summed E-state index contributed by atoms with van der Waals surface area (Å²) in [6.07, 6.45) is -9.67. The monoisotopic (exact) mass is 712 g/mol. The van der Waals surface area contributed by atoms with Crippen LogP contribution in [0.5, 0.6) is 0 Å². The number of aliphatic hydroxyl groups excluding tert-OH is 1. The summed E-state index contributed by atoms with van der Waals surface area (Å²) in [7, 11) is -3.02. The summed E-state index contributed by atoms with van der Waals surface area (Å²) in [4.78, 5) is 34.4. The van der Waals surface area contributed by atoms with Crippen molar-refractivity contribution in [3.63, 3.8) is 0 Å². The van der Waals surface area contributed by atoms with E-state index in [9.17, 15) is 19.0 Å². The molecule has 0 spiro atoms. The number of hydrogen-bond acceptors (Lipinski definition) is 16. The number of alkyl halides is 2. The first-order valence-electron chi connectivity index (χ1n) is 12.8. The molecule has 2 saturated heterocycles. The molecule has 0 aliphatic carbocycles. The first-order chi connectivity index (χ1) is 21.4. The number of nitrogen functional groups attached to an aromatic ring is 2. The zero-order chi connectivity index (χ0) is 32.2. The van der Waals surface area contributed by atoms with Crippen molar-refractivity contribution in [2.24, 2.45) is 0 Å². The van der Waals surface area contributed by atoms with Gasteiger partial charge in [0, 0.05) is 0 Å². The second-order valence-electron chi connectivity index (χ2n) is 9.74. The number of nitrogens with zero attached hydrogens (tertiary/aromatic N) is 7. The first kappa shape index (κ1) is 32.2. The molecule has 244 valence electrons. The quantitative estimate of drug-likeness (QED) is 0.0978. The number of imidazole rings is 2. The van der Waals surface area contributed by atoms with Crippen LogP contribution in [0.25, 0.3) is 22.3 Å². The van der Waals surface area contributed by atoms with E-state index in [-0.39, 0.29) is 34.1 Å². The number of ether oxygens (including phenoxy) is 2. The summed E-state index contributed by atoms with van der Waals surface area (Å²) in [6.45, 7) is -6.06. The highest BCUT2D eigenvalue weighted by molar-refractivity contribution is 8.44. The molecule has 2 unspecified atom stereocenters. The summed E-state index contributed by atoms with van der Waals surface area (Å²) in [5.74, 6) is -0.239. The SMILES string of the molecule is Nc1nc2c(ncn2[C@@H]2O[C@H](CO)[C@H](F)[C@H]2OP(=O)(S)OC[C@H]2O[C@@H](n3cnc4c(N)ncnc43)[C@@H](F)[C@@H]2O[PH](=O)S)c(=O)[nH]1. The van der Waals surface area contributed by atoms with Crippen molar-refractivity contribution < 1.29 is 46.1 Å². The first-order valence-corrected chi connectivity index (χ1v) is 18.1. The highest BCUT2D eigenvalue weighted by atomic mass is 32.7. The highest BCUT2D eigenvalue weighted by Gasteiger charge is 2.52. The fraction of sp³-hybridized carbons (Fsp3) is 0.500. The molecule has 0 aromatic carbocycles. The van der Waals surface area contributed by atoms with Crippen LogP contribution in [0, 0.1) is 0 Å². The van der Waals surface area contributed by atoms with Crippen LogP contribution in [0.15, 0.2) is 23.8 Å². The molecule has 4 aromatic rings. The van der Waals surface area contributed by atoms with E-state index in [1.54, 1.807) is 0 Å². The third kappa shape index (κ3) is 6.09. The average molecular weight is 713 g/mol. The van der Waals surface area contributed by atoms with Crippen LogP contribution < -0.4 is 17.0 Å². The standard InChI is InChI=1S/C20H24F2N10O9P2S2/c21-8-6(1-33)38-19(32-5-28-11-16(32)29-20(24)30-17(11)34)13(8)41-43(36,45)37-2-7-12(40-42(35)44)9(22)18(39-7)31-4-27-10-14(23)25-3-26-15(10)31/h3-9,12-13,18-19,33,42H,1-2H2,(H,35,44)(H,36,45)(H2,23,25,26)(H3,24,29,30,34)/t6-,7-,8+,9+,12-,13-,18-,19-,43?/m1/s1. The van der Waals surface area contributed by atoms with E-state index >= 15 is 8.78 Å². The molecule has 25 heteroatoms. The lowest BCUT2D eigenvalue weighted by Crippen LogP contribution is -2.33. The van der Waals surface area contributed by atoms with E-state index in [4.69, 9.17) is 34.5 Å².